The zero-order valence-corrected chi connectivity index (χ0v) is 6.53. The summed E-state index contributed by atoms with van der Waals surface area (Å²) in [5, 5.41) is 1.29. The van der Waals surface area contributed by atoms with Crippen molar-refractivity contribution in [3.63, 3.8) is 0 Å². The van der Waals surface area contributed by atoms with Crippen molar-refractivity contribution in [2.75, 3.05) is 0 Å². The van der Waals surface area contributed by atoms with E-state index in [-0.39, 0.29) is 18.9 Å². The van der Waals surface area contributed by atoms with E-state index in [2.05, 4.69) is 0 Å². The molecule has 0 bridgehead atoms. The Hall–Kier alpha value is -0.683. The normalized spacial score (nSPS) is 11.6. The number of hydrogen-bond acceptors (Lipinski definition) is 2. The molecule has 0 saturated heterocycles. The quantitative estimate of drug-likeness (QED) is 0.366. The second kappa shape index (κ2) is 4.70. The molecule has 0 spiro atoms. The molecule has 0 N–H and O–H groups in total. The molecular formula is C4F6LiNO2. The monoisotopic (exact) mass is 215 g/mol. The Morgan fingerprint density at radius 1 is 0.786 bits per heavy atom. The number of halogens is 6. The third-order valence-corrected chi connectivity index (χ3v) is 0.688. The molecular weight excluding hydrogens is 215 g/mol. The van der Waals surface area contributed by atoms with Gasteiger partial charge < -0.3 is 14.9 Å². The Morgan fingerprint density at radius 3 is 1.14 bits per heavy atom. The van der Waals surface area contributed by atoms with E-state index in [0.717, 1.165) is 0 Å². The van der Waals surface area contributed by atoms with Crippen LogP contribution in [0.4, 0.5) is 26.3 Å². The maximum atomic E-state index is 11.2. The maximum Gasteiger partial charge on any atom is 1.00 e. The number of hydrogen-bond donors (Lipinski definition) is 0. The smallest absolute Gasteiger partial charge is 0.580 e. The first-order chi connectivity index (χ1) is 5.55. The van der Waals surface area contributed by atoms with Crippen LogP contribution >= 0.6 is 0 Å². The fourth-order valence-corrected chi connectivity index (χ4v) is 0.219. The number of amides is 2. The minimum atomic E-state index is -5.57. The summed E-state index contributed by atoms with van der Waals surface area (Å²) in [6.07, 6.45) is -11.1. The molecule has 0 radical (unpaired) electrons. The molecule has 0 aliphatic carbocycles. The zero-order chi connectivity index (χ0) is 10.9. The molecule has 0 atom stereocenters. The Labute approximate surface area is 85.0 Å². The van der Waals surface area contributed by atoms with Crippen molar-refractivity contribution in [2.24, 2.45) is 0 Å². The zero-order valence-electron chi connectivity index (χ0n) is 6.53. The average Bonchev–Trinajstić information content (AvgIpc) is 1.82. The maximum absolute atomic E-state index is 11.2. The number of carbonyl (C=O) groups excluding carboxylic acids is 2. The van der Waals surface area contributed by atoms with E-state index in [1.54, 1.807) is 0 Å². The van der Waals surface area contributed by atoms with Crippen LogP contribution in [-0.4, -0.2) is 24.2 Å². The van der Waals surface area contributed by atoms with Gasteiger partial charge >= 0.3 is 31.2 Å². The summed E-state index contributed by atoms with van der Waals surface area (Å²) in [6.45, 7) is 0. The van der Waals surface area contributed by atoms with Gasteiger partial charge in [-0.15, -0.1) is 0 Å². The molecule has 0 aromatic carbocycles. The van der Waals surface area contributed by atoms with E-state index >= 15 is 0 Å². The summed E-state index contributed by atoms with van der Waals surface area (Å²) < 4.78 is 67.4. The molecule has 0 aliphatic rings. The van der Waals surface area contributed by atoms with E-state index in [4.69, 9.17) is 0 Å². The van der Waals surface area contributed by atoms with Gasteiger partial charge in [0.15, 0.2) is 11.8 Å². The molecule has 14 heavy (non-hydrogen) atoms. The van der Waals surface area contributed by atoms with E-state index in [1.165, 1.54) is 5.32 Å². The van der Waals surface area contributed by atoms with Crippen molar-refractivity contribution in [3.05, 3.63) is 5.32 Å². The summed E-state index contributed by atoms with van der Waals surface area (Å²) >= 11 is 0. The van der Waals surface area contributed by atoms with E-state index in [1.807, 2.05) is 0 Å². The van der Waals surface area contributed by atoms with Crippen LogP contribution in [0, 0.1) is 0 Å². The van der Waals surface area contributed by atoms with E-state index in [9.17, 15) is 35.9 Å². The van der Waals surface area contributed by atoms with Crippen molar-refractivity contribution in [1.82, 2.24) is 0 Å². The Kier molecular flexibility index (Phi) is 5.30. The second-order valence-electron chi connectivity index (χ2n) is 1.72. The Bertz CT molecular complexity index is 209. The molecule has 0 aromatic heterocycles. The van der Waals surface area contributed by atoms with Crippen molar-refractivity contribution in [2.45, 2.75) is 12.4 Å². The van der Waals surface area contributed by atoms with Gasteiger partial charge in [0, 0.05) is 0 Å². The second-order valence-corrected chi connectivity index (χ2v) is 1.72. The molecule has 0 heterocycles. The average molecular weight is 215 g/mol. The van der Waals surface area contributed by atoms with Crippen LogP contribution in [0.1, 0.15) is 0 Å². The number of rotatable bonds is 0. The fourth-order valence-electron chi connectivity index (χ4n) is 0.219. The van der Waals surface area contributed by atoms with Gasteiger partial charge in [-0.05, 0) is 0 Å². The summed E-state index contributed by atoms with van der Waals surface area (Å²) in [5.41, 5.74) is 0. The molecule has 2 amide bonds. The molecule has 0 rings (SSSR count). The van der Waals surface area contributed by atoms with Crippen LogP contribution in [0.5, 0.6) is 0 Å². The van der Waals surface area contributed by atoms with Gasteiger partial charge in [-0.2, -0.15) is 26.3 Å². The van der Waals surface area contributed by atoms with Gasteiger partial charge in [0.1, 0.15) is 0 Å². The van der Waals surface area contributed by atoms with Gasteiger partial charge in [0.05, 0.1) is 0 Å². The topological polar surface area (TPSA) is 48.2 Å². The molecule has 0 aromatic rings. The summed E-state index contributed by atoms with van der Waals surface area (Å²) in [4.78, 5) is 19.4. The van der Waals surface area contributed by atoms with Crippen LogP contribution in [0.2, 0.25) is 0 Å². The van der Waals surface area contributed by atoms with Crippen LogP contribution in [-0.2, 0) is 9.59 Å². The molecule has 0 saturated carbocycles. The number of nitrogens with zero attached hydrogens (tertiary/aromatic N) is 1. The predicted octanol–water partition coefficient (Wildman–Crippen LogP) is -1.46. The minimum Gasteiger partial charge on any atom is -0.580 e. The molecule has 0 unspecified atom stereocenters. The van der Waals surface area contributed by atoms with Crippen LogP contribution in [0.3, 0.4) is 0 Å². The third-order valence-electron chi connectivity index (χ3n) is 0.688. The van der Waals surface area contributed by atoms with Crippen molar-refractivity contribution in [1.29, 1.82) is 0 Å². The van der Waals surface area contributed by atoms with Gasteiger partial charge in [-0.3, -0.25) is 0 Å². The Balaban J connectivity index is 0. The van der Waals surface area contributed by atoms with E-state index in [0.29, 0.717) is 0 Å². The van der Waals surface area contributed by atoms with Crippen molar-refractivity contribution in [3.8, 4) is 0 Å². The van der Waals surface area contributed by atoms with Gasteiger partial charge in [0.25, 0.3) is 0 Å². The van der Waals surface area contributed by atoms with Crippen LogP contribution < -0.4 is 18.9 Å². The van der Waals surface area contributed by atoms with Crippen molar-refractivity contribution < 1.29 is 54.8 Å². The molecule has 3 nitrogen and oxygen atoms in total. The van der Waals surface area contributed by atoms with Crippen LogP contribution in [0.25, 0.3) is 5.32 Å². The summed E-state index contributed by atoms with van der Waals surface area (Å²) in [7, 11) is 0. The number of carbonyl (C=O) groups is 2. The standard InChI is InChI=1S/C4HF6NO2.Li/c5-3(6,7)1(12)11-2(13)4(8,9)10;/h(H,11,12,13);/q;+1/p-1. The minimum absolute atomic E-state index is 0. The van der Waals surface area contributed by atoms with Gasteiger partial charge in [-0.25, -0.2) is 0 Å². The van der Waals surface area contributed by atoms with Gasteiger partial charge in [-0.1, -0.05) is 0 Å². The summed E-state index contributed by atoms with van der Waals surface area (Å²) in [6, 6.07) is 0. The number of alkyl halides is 6. The largest absolute Gasteiger partial charge is 1.00 e. The number of imide groups is 1. The molecule has 0 fully saturated rings. The fraction of sp³-hybridized carbons (Fsp3) is 0.500. The first-order valence-corrected chi connectivity index (χ1v) is 2.49. The molecule has 76 valence electrons. The molecule has 0 aliphatic heterocycles. The third kappa shape index (κ3) is 5.13. The van der Waals surface area contributed by atoms with Crippen LogP contribution in [0.15, 0.2) is 0 Å². The van der Waals surface area contributed by atoms with Gasteiger partial charge in [0.2, 0.25) is 0 Å². The predicted molar refractivity (Wildman–Crippen MR) is 25.5 cm³/mol. The summed E-state index contributed by atoms with van der Waals surface area (Å²) in [5.74, 6) is -6.15. The Morgan fingerprint density at radius 2 is 1.00 bits per heavy atom. The first-order valence-electron chi connectivity index (χ1n) is 2.49. The first kappa shape index (κ1) is 15.8. The SMILES string of the molecule is O=C([N-]C(=O)C(F)(F)F)C(F)(F)F.[Li+]. The van der Waals surface area contributed by atoms with Crippen molar-refractivity contribution >= 4 is 11.8 Å². The molecule has 10 heteroatoms. The van der Waals surface area contributed by atoms with E-state index < -0.39 is 24.2 Å².